The zero-order chi connectivity index (χ0) is 19.4. The second-order valence-electron chi connectivity index (χ2n) is 5.78. The molecule has 0 fully saturated rings. The summed E-state index contributed by atoms with van der Waals surface area (Å²) < 4.78 is 0. The van der Waals surface area contributed by atoms with Crippen molar-refractivity contribution in [3.63, 3.8) is 0 Å². The van der Waals surface area contributed by atoms with E-state index in [0.717, 1.165) is 11.3 Å². The van der Waals surface area contributed by atoms with E-state index in [1.54, 1.807) is 36.4 Å². The molecule has 6 nitrogen and oxygen atoms in total. The van der Waals surface area contributed by atoms with Gasteiger partial charge in [-0.15, -0.1) is 11.6 Å². The first-order valence-electron chi connectivity index (χ1n) is 8.09. The predicted octanol–water partition coefficient (Wildman–Crippen LogP) is 4.00. The lowest BCUT2D eigenvalue weighted by Crippen LogP contribution is -2.10. The molecule has 138 valence electrons. The highest BCUT2D eigenvalue weighted by Crippen LogP contribution is 2.29. The summed E-state index contributed by atoms with van der Waals surface area (Å²) in [6, 6.07) is 14.3. The minimum atomic E-state index is -0.121. The topological polar surface area (TPSA) is 107 Å². The third kappa shape index (κ3) is 4.48. The van der Waals surface area contributed by atoms with Crippen molar-refractivity contribution >= 4 is 46.4 Å². The van der Waals surface area contributed by atoms with Gasteiger partial charge in [-0.05, 0) is 42.0 Å². The van der Waals surface area contributed by atoms with Crippen molar-refractivity contribution in [2.45, 2.75) is 6.54 Å². The Balaban J connectivity index is 1.86. The second-order valence-corrected chi connectivity index (χ2v) is 6.49. The number of carbonyl (C=O) groups is 1. The average Bonchev–Trinajstić information content (AvgIpc) is 2.67. The summed E-state index contributed by atoms with van der Waals surface area (Å²) in [6.45, 7) is 0.373. The standard InChI is InChI=1S/C19H17Cl2N5O/c20-9-16(27)11-3-7-14(8-4-11)24-10-15-17(18(22)26-19(23)25-15)12-1-5-13(21)6-2-12/h1-8,24H,9-10H2,(H4,22,23,25,26). The molecule has 27 heavy (non-hydrogen) atoms. The van der Waals surface area contributed by atoms with Crippen LogP contribution in [-0.4, -0.2) is 21.6 Å². The van der Waals surface area contributed by atoms with Gasteiger partial charge in [0.15, 0.2) is 5.78 Å². The van der Waals surface area contributed by atoms with Crippen LogP contribution < -0.4 is 16.8 Å². The SMILES string of the molecule is Nc1nc(N)c(-c2ccc(Cl)cc2)c(CNc2ccc(C(=O)CCl)cc2)n1. The van der Waals surface area contributed by atoms with Crippen LogP contribution in [0.25, 0.3) is 11.1 Å². The number of alkyl halides is 1. The molecule has 3 rings (SSSR count). The molecule has 5 N–H and O–H groups in total. The van der Waals surface area contributed by atoms with Crippen molar-refractivity contribution in [3.8, 4) is 11.1 Å². The number of ketones is 1. The number of aromatic nitrogens is 2. The molecule has 0 aliphatic rings. The van der Waals surface area contributed by atoms with E-state index in [4.69, 9.17) is 34.7 Å². The number of carbonyl (C=O) groups excluding carboxylic acids is 1. The van der Waals surface area contributed by atoms with Crippen molar-refractivity contribution in [3.05, 3.63) is 64.8 Å². The quantitative estimate of drug-likeness (QED) is 0.425. The molecule has 8 heteroatoms. The van der Waals surface area contributed by atoms with E-state index in [1.807, 2.05) is 12.1 Å². The number of nitrogens with two attached hydrogens (primary N) is 2. The van der Waals surface area contributed by atoms with Gasteiger partial charge in [-0.2, -0.15) is 4.98 Å². The van der Waals surface area contributed by atoms with E-state index in [9.17, 15) is 4.79 Å². The number of Topliss-reactive ketones (excluding diaryl/α,β-unsaturated/α-hetero) is 1. The van der Waals surface area contributed by atoms with Crippen molar-refractivity contribution < 1.29 is 4.79 Å². The van der Waals surface area contributed by atoms with E-state index in [2.05, 4.69) is 15.3 Å². The summed E-state index contributed by atoms with van der Waals surface area (Å²) in [5.74, 6) is 0.232. The molecule has 0 saturated carbocycles. The summed E-state index contributed by atoms with van der Waals surface area (Å²) in [7, 11) is 0. The second kappa shape index (κ2) is 8.24. The van der Waals surface area contributed by atoms with Gasteiger partial charge in [-0.25, -0.2) is 4.98 Å². The van der Waals surface area contributed by atoms with Crippen molar-refractivity contribution in [1.29, 1.82) is 0 Å². The Morgan fingerprint density at radius 1 is 1.00 bits per heavy atom. The van der Waals surface area contributed by atoms with Crippen LogP contribution in [0.3, 0.4) is 0 Å². The highest BCUT2D eigenvalue weighted by Gasteiger charge is 2.14. The first kappa shape index (κ1) is 18.9. The molecular weight excluding hydrogens is 385 g/mol. The van der Waals surface area contributed by atoms with Gasteiger partial charge in [0.05, 0.1) is 18.1 Å². The Morgan fingerprint density at radius 2 is 1.67 bits per heavy atom. The number of nitrogen functional groups attached to an aromatic ring is 2. The van der Waals surface area contributed by atoms with Crippen LogP contribution in [0.15, 0.2) is 48.5 Å². The van der Waals surface area contributed by atoms with E-state index in [-0.39, 0.29) is 17.6 Å². The van der Waals surface area contributed by atoms with Gasteiger partial charge >= 0.3 is 0 Å². The van der Waals surface area contributed by atoms with Crippen molar-refractivity contribution in [2.75, 3.05) is 22.7 Å². The Labute approximate surface area is 166 Å². The predicted molar refractivity (Wildman–Crippen MR) is 110 cm³/mol. The number of nitrogens with zero attached hydrogens (tertiary/aromatic N) is 2. The minimum absolute atomic E-state index is 0.0449. The van der Waals surface area contributed by atoms with Crippen LogP contribution in [0.1, 0.15) is 16.1 Å². The van der Waals surface area contributed by atoms with Crippen LogP contribution in [0, 0.1) is 0 Å². The summed E-state index contributed by atoms with van der Waals surface area (Å²) in [5, 5.41) is 3.87. The van der Waals surface area contributed by atoms with Gasteiger partial charge in [0.1, 0.15) is 5.82 Å². The molecule has 0 radical (unpaired) electrons. The largest absolute Gasteiger partial charge is 0.383 e. The number of hydrogen-bond donors (Lipinski definition) is 3. The summed E-state index contributed by atoms with van der Waals surface area (Å²) in [6.07, 6.45) is 0. The van der Waals surface area contributed by atoms with Crippen LogP contribution in [0.4, 0.5) is 17.5 Å². The molecule has 3 aromatic rings. The minimum Gasteiger partial charge on any atom is -0.383 e. The number of hydrogen-bond acceptors (Lipinski definition) is 6. The van der Waals surface area contributed by atoms with Crippen molar-refractivity contribution in [1.82, 2.24) is 9.97 Å². The zero-order valence-electron chi connectivity index (χ0n) is 14.2. The molecule has 0 aliphatic heterocycles. The summed E-state index contributed by atoms with van der Waals surface area (Å²) >= 11 is 11.5. The maximum atomic E-state index is 11.6. The van der Waals surface area contributed by atoms with Crippen LogP contribution >= 0.6 is 23.2 Å². The van der Waals surface area contributed by atoms with Gasteiger partial charge in [-0.3, -0.25) is 4.79 Å². The smallest absolute Gasteiger partial charge is 0.222 e. The Kier molecular flexibility index (Phi) is 5.78. The fourth-order valence-electron chi connectivity index (χ4n) is 2.64. The molecular formula is C19H17Cl2N5O. The monoisotopic (exact) mass is 401 g/mol. The van der Waals surface area contributed by atoms with Gasteiger partial charge in [0, 0.05) is 21.8 Å². The molecule has 0 amide bonds. The molecule has 0 atom stereocenters. The first-order valence-corrected chi connectivity index (χ1v) is 9.00. The lowest BCUT2D eigenvalue weighted by atomic mass is 10.0. The van der Waals surface area contributed by atoms with Gasteiger partial charge in [0.2, 0.25) is 5.95 Å². The summed E-state index contributed by atoms with van der Waals surface area (Å²) in [4.78, 5) is 20.0. The van der Waals surface area contributed by atoms with Crippen LogP contribution in [0.5, 0.6) is 0 Å². The fourth-order valence-corrected chi connectivity index (χ4v) is 2.92. The Hall–Kier alpha value is -2.83. The number of anilines is 3. The maximum Gasteiger partial charge on any atom is 0.222 e. The molecule has 1 aromatic heterocycles. The molecule has 0 unspecified atom stereocenters. The van der Waals surface area contributed by atoms with E-state index in [1.165, 1.54) is 0 Å². The molecule has 0 aliphatic carbocycles. The highest BCUT2D eigenvalue weighted by atomic mass is 35.5. The van der Waals surface area contributed by atoms with Gasteiger partial charge < -0.3 is 16.8 Å². The summed E-state index contributed by atoms with van der Waals surface area (Å²) in [5.41, 5.74) is 15.4. The fraction of sp³-hybridized carbons (Fsp3) is 0.105. The lowest BCUT2D eigenvalue weighted by Gasteiger charge is -2.14. The van der Waals surface area contributed by atoms with Crippen LogP contribution in [0.2, 0.25) is 5.02 Å². The lowest BCUT2D eigenvalue weighted by molar-refractivity contribution is 0.102. The van der Waals surface area contributed by atoms with E-state index >= 15 is 0 Å². The Morgan fingerprint density at radius 3 is 2.30 bits per heavy atom. The number of benzene rings is 2. The first-order chi connectivity index (χ1) is 13.0. The number of nitrogens with one attached hydrogen (secondary N) is 1. The number of halogens is 2. The Bertz CT molecular complexity index is 959. The third-order valence-corrected chi connectivity index (χ3v) is 4.45. The molecule has 2 aromatic carbocycles. The average molecular weight is 402 g/mol. The molecule has 1 heterocycles. The zero-order valence-corrected chi connectivity index (χ0v) is 15.8. The molecule has 0 spiro atoms. The van der Waals surface area contributed by atoms with E-state index in [0.29, 0.717) is 34.2 Å². The van der Waals surface area contributed by atoms with Gasteiger partial charge in [0.25, 0.3) is 0 Å². The molecule has 0 saturated heterocycles. The van der Waals surface area contributed by atoms with Crippen molar-refractivity contribution in [2.24, 2.45) is 0 Å². The highest BCUT2D eigenvalue weighted by molar-refractivity contribution is 6.30. The molecule has 0 bridgehead atoms. The van der Waals surface area contributed by atoms with E-state index < -0.39 is 0 Å². The third-order valence-electron chi connectivity index (χ3n) is 3.95. The number of rotatable bonds is 6. The van der Waals surface area contributed by atoms with Gasteiger partial charge in [-0.1, -0.05) is 23.7 Å². The maximum absolute atomic E-state index is 11.6. The normalized spacial score (nSPS) is 10.6. The van der Waals surface area contributed by atoms with Crippen LogP contribution in [-0.2, 0) is 6.54 Å².